The molecule has 1 aliphatic heterocycles. The molecule has 4 rings (SSSR count). The number of aromatic carboxylic acids is 1. The van der Waals surface area contributed by atoms with Crippen molar-refractivity contribution in [3.63, 3.8) is 0 Å². The molecular formula is C21H26LiN3O5. The number of hydrogen-bond acceptors (Lipinski definition) is 7. The fraction of sp³-hybridized carbons (Fsp3) is 0.571. The zero-order valence-electron chi connectivity index (χ0n) is 18.1. The van der Waals surface area contributed by atoms with Gasteiger partial charge in [0, 0.05) is 25.2 Å². The maximum Gasteiger partial charge on any atom is 1.00 e. The molecule has 2 aromatic rings. The van der Waals surface area contributed by atoms with E-state index in [9.17, 15) is 14.7 Å². The van der Waals surface area contributed by atoms with Crippen LogP contribution >= 0.6 is 0 Å². The van der Waals surface area contributed by atoms with Gasteiger partial charge in [0.1, 0.15) is 11.1 Å². The Kier molecular flexibility index (Phi) is 6.12. The maximum absolute atomic E-state index is 12.6. The molecule has 1 spiro atoms. The molecule has 2 heterocycles. The molecule has 156 valence electrons. The Bertz CT molecular complexity index is 946. The van der Waals surface area contributed by atoms with Crippen molar-refractivity contribution in [1.82, 2.24) is 9.88 Å². The number of ether oxygens (including phenoxy) is 1. The molecule has 30 heavy (non-hydrogen) atoms. The van der Waals surface area contributed by atoms with E-state index in [1.165, 1.54) is 6.07 Å². The Hall–Kier alpha value is -2.17. The number of carboxylic acid groups (broad SMARTS) is 1. The summed E-state index contributed by atoms with van der Waals surface area (Å²) in [5.74, 6) is -1.28. The van der Waals surface area contributed by atoms with E-state index in [4.69, 9.17) is 9.15 Å². The number of rotatable bonds is 2. The molecule has 0 bridgehead atoms. The van der Waals surface area contributed by atoms with Crippen molar-refractivity contribution in [2.24, 2.45) is 0 Å². The van der Waals surface area contributed by atoms with Crippen LogP contribution in [0.1, 0.15) is 56.8 Å². The van der Waals surface area contributed by atoms with Gasteiger partial charge in [0.15, 0.2) is 5.58 Å². The molecule has 2 fully saturated rings. The summed E-state index contributed by atoms with van der Waals surface area (Å²) >= 11 is 0. The SMILES string of the molecule is CC(C)(C)OC(=O)N1CCN(c2nc3c(C(=O)[O-])cccc3o2)C2(CCCC2)C1.[Li+]. The Morgan fingerprint density at radius 1 is 1.20 bits per heavy atom. The molecule has 2 aliphatic rings. The summed E-state index contributed by atoms with van der Waals surface area (Å²) in [7, 11) is 0. The van der Waals surface area contributed by atoms with Gasteiger partial charge in [-0.05, 0) is 39.7 Å². The van der Waals surface area contributed by atoms with E-state index in [1.54, 1.807) is 17.0 Å². The largest absolute Gasteiger partial charge is 1.00 e. The first kappa shape index (κ1) is 22.5. The summed E-state index contributed by atoms with van der Waals surface area (Å²) in [6.45, 7) is 7.16. The molecule has 1 saturated heterocycles. The fourth-order valence-corrected chi connectivity index (χ4v) is 4.44. The van der Waals surface area contributed by atoms with E-state index >= 15 is 0 Å². The summed E-state index contributed by atoms with van der Waals surface area (Å²) in [6, 6.07) is 5.19. The molecule has 1 aromatic carbocycles. The van der Waals surface area contributed by atoms with Crippen molar-refractivity contribution >= 4 is 29.2 Å². The first-order valence-corrected chi connectivity index (χ1v) is 10.1. The quantitative estimate of drug-likeness (QED) is 0.623. The third-order valence-corrected chi connectivity index (χ3v) is 5.70. The molecule has 1 saturated carbocycles. The van der Waals surface area contributed by atoms with Gasteiger partial charge in [-0.25, -0.2) is 4.79 Å². The van der Waals surface area contributed by atoms with E-state index in [2.05, 4.69) is 9.88 Å². The number of piperazine rings is 1. The average molecular weight is 407 g/mol. The third kappa shape index (κ3) is 4.16. The van der Waals surface area contributed by atoms with Crippen LogP contribution in [0.2, 0.25) is 0 Å². The molecule has 0 atom stereocenters. The van der Waals surface area contributed by atoms with Crippen LogP contribution in [0.25, 0.3) is 11.1 Å². The van der Waals surface area contributed by atoms with Crippen molar-refractivity contribution in [3.05, 3.63) is 23.8 Å². The number of anilines is 1. The average Bonchev–Trinajstić information content (AvgIpc) is 3.27. The minimum atomic E-state index is -1.28. The molecule has 9 heteroatoms. The number of nitrogens with zero attached hydrogens (tertiary/aromatic N) is 3. The molecule has 1 aliphatic carbocycles. The number of oxazole rings is 1. The number of para-hydroxylation sites is 1. The molecule has 0 radical (unpaired) electrons. The van der Waals surface area contributed by atoms with E-state index in [-0.39, 0.29) is 36.1 Å². The Balaban J connectivity index is 0.00000256. The molecule has 1 amide bonds. The molecule has 0 N–H and O–H groups in total. The van der Waals surface area contributed by atoms with E-state index in [1.807, 2.05) is 20.8 Å². The van der Waals surface area contributed by atoms with Crippen LogP contribution < -0.4 is 28.9 Å². The third-order valence-electron chi connectivity index (χ3n) is 5.70. The van der Waals surface area contributed by atoms with E-state index in [0.29, 0.717) is 36.7 Å². The predicted molar refractivity (Wildman–Crippen MR) is 105 cm³/mol. The van der Waals surface area contributed by atoms with Gasteiger partial charge in [0.05, 0.1) is 11.5 Å². The van der Waals surface area contributed by atoms with Crippen LogP contribution in [0, 0.1) is 0 Å². The molecule has 8 nitrogen and oxygen atoms in total. The second kappa shape index (κ2) is 8.16. The van der Waals surface area contributed by atoms with E-state index in [0.717, 1.165) is 25.7 Å². The summed E-state index contributed by atoms with van der Waals surface area (Å²) in [5.41, 5.74) is -0.0870. The summed E-state index contributed by atoms with van der Waals surface area (Å²) in [6.07, 6.45) is 3.64. The maximum atomic E-state index is 12.6. The minimum Gasteiger partial charge on any atom is -0.545 e. The first-order valence-electron chi connectivity index (χ1n) is 10.1. The summed E-state index contributed by atoms with van der Waals surface area (Å²) in [4.78, 5) is 32.4. The molecule has 1 aromatic heterocycles. The first-order chi connectivity index (χ1) is 13.7. The van der Waals surface area contributed by atoms with Gasteiger partial charge in [-0.15, -0.1) is 0 Å². The Morgan fingerprint density at radius 3 is 2.53 bits per heavy atom. The Morgan fingerprint density at radius 2 is 1.90 bits per heavy atom. The van der Waals surface area contributed by atoms with Gasteiger partial charge < -0.3 is 28.9 Å². The number of carbonyl (C=O) groups is 2. The Labute approximate surface area is 187 Å². The van der Waals surface area contributed by atoms with Crippen molar-refractivity contribution in [1.29, 1.82) is 0 Å². The van der Waals surface area contributed by atoms with Crippen molar-refractivity contribution in [2.45, 2.75) is 57.6 Å². The van der Waals surface area contributed by atoms with Crippen LogP contribution in [0.3, 0.4) is 0 Å². The van der Waals surface area contributed by atoms with Gasteiger partial charge in [-0.3, -0.25) is 0 Å². The van der Waals surface area contributed by atoms with Crippen LogP contribution in [-0.2, 0) is 4.74 Å². The molecule has 0 unspecified atom stereocenters. The number of aromatic nitrogens is 1. The van der Waals surface area contributed by atoms with Crippen molar-refractivity contribution < 1.29 is 42.7 Å². The van der Waals surface area contributed by atoms with Gasteiger partial charge in [-0.2, -0.15) is 4.98 Å². The summed E-state index contributed by atoms with van der Waals surface area (Å²) < 4.78 is 11.5. The normalized spacial score (nSPS) is 18.5. The summed E-state index contributed by atoms with van der Waals surface area (Å²) in [5, 5.41) is 11.4. The van der Waals surface area contributed by atoms with Gasteiger partial charge in [-0.1, -0.05) is 25.0 Å². The monoisotopic (exact) mass is 407 g/mol. The zero-order chi connectivity index (χ0) is 20.8. The predicted octanol–water partition coefficient (Wildman–Crippen LogP) is -0.435. The smallest absolute Gasteiger partial charge is 0.545 e. The van der Waals surface area contributed by atoms with Gasteiger partial charge in [0.25, 0.3) is 6.01 Å². The van der Waals surface area contributed by atoms with E-state index < -0.39 is 11.6 Å². The topological polar surface area (TPSA) is 98.9 Å². The van der Waals surface area contributed by atoms with Crippen molar-refractivity contribution in [3.8, 4) is 0 Å². The van der Waals surface area contributed by atoms with Crippen LogP contribution in [0.5, 0.6) is 0 Å². The number of carboxylic acids is 1. The second-order valence-electron chi connectivity index (χ2n) is 8.92. The second-order valence-corrected chi connectivity index (χ2v) is 8.92. The minimum absolute atomic E-state index is 0. The number of hydrogen-bond donors (Lipinski definition) is 0. The van der Waals surface area contributed by atoms with Gasteiger partial charge >= 0.3 is 25.0 Å². The number of benzene rings is 1. The van der Waals surface area contributed by atoms with Crippen LogP contribution in [-0.4, -0.2) is 52.7 Å². The van der Waals surface area contributed by atoms with Crippen LogP contribution in [0.15, 0.2) is 22.6 Å². The van der Waals surface area contributed by atoms with Crippen LogP contribution in [0.4, 0.5) is 10.8 Å². The number of carbonyl (C=O) groups excluding carboxylic acids is 2. The number of amides is 1. The number of fused-ring (bicyclic) bond motifs is 1. The van der Waals surface area contributed by atoms with Crippen molar-refractivity contribution in [2.75, 3.05) is 24.5 Å². The zero-order valence-corrected chi connectivity index (χ0v) is 18.1. The fourth-order valence-electron chi connectivity index (χ4n) is 4.44. The van der Waals surface area contributed by atoms with Gasteiger partial charge in [0.2, 0.25) is 0 Å². The standard InChI is InChI=1S/C21H27N3O5.Li/c1-20(2,3)29-19(27)23-11-12-24(21(13-23)9-4-5-10-21)18-22-16-14(17(25)26)7-6-8-15(16)28-18;/h6-8H,4-5,9-13H2,1-3H3,(H,25,26);/q;+1/p-1. The molecular weight excluding hydrogens is 381 g/mol.